The number of rotatable bonds is 5. The highest BCUT2D eigenvalue weighted by molar-refractivity contribution is 5.43. The van der Waals surface area contributed by atoms with E-state index in [-0.39, 0.29) is 5.75 Å². The van der Waals surface area contributed by atoms with Crippen LogP contribution in [0.25, 0.3) is 0 Å². The van der Waals surface area contributed by atoms with Gasteiger partial charge in [-0.15, -0.1) is 0 Å². The number of ether oxygens (including phenoxy) is 2. The van der Waals surface area contributed by atoms with Gasteiger partial charge in [0.05, 0.1) is 7.11 Å². The second kappa shape index (κ2) is 7.19. The lowest BCUT2D eigenvalue weighted by Crippen LogP contribution is -2.48. The molecule has 0 saturated carbocycles. The molecule has 1 aromatic rings. The molecule has 0 aliphatic carbocycles. The molecular formula is C15H21F3N2O2. The summed E-state index contributed by atoms with van der Waals surface area (Å²) in [4.78, 5) is 2.30. The molecule has 7 heteroatoms. The molecule has 1 aromatic carbocycles. The molecular weight excluding hydrogens is 297 g/mol. The molecule has 0 aromatic heterocycles. The van der Waals surface area contributed by atoms with Crippen molar-refractivity contribution in [1.29, 1.82) is 0 Å². The zero-order valence-electron chi connectivity index (χ0n) is 12.7. The lowest BCUT2D eigenvalue weighted by Gasteiger charge is -2.31. The SMILES string of the molecule is COc1cc(CN2CCN[C@H](C)C2)ccc1OCC(F)(F)F. The molecule has 4 nitrogen and oxygen atoms in total. The van der Waals surface area contributed by atoms with Gasteiger partial charge in [0.25, 0.3) is 0 Å². The quantitative estimate of drug-likeness (QED) is 0.904. The average Bonchev–Trinajstić information content (AvgIpc) is 2.45. The Morgan fingerprint density at radius 2 is 2.09 bits per heavy atom. The molecule has 1 fully saturated rings. The molecule has 124 valence electrons. The number of nitrogens with one attached hydrogen (secondary N) is 1. The van der Waals surface area contributed by atoms with E-state index in [4.69, 9.17) is 9.47 Å². The van der Waals surface area contributed by atoms with E-state index in [1.807, 2.05) is 0 Å². The van der Waals surface area contributed by atoms with Crippen LogP contribution in [0.2, 0.25) is 0 Å². The molecule has 1 N–H and O–H groups in total. The van der Waals surface area contributed by atoms with E-state index in [0.717, 1.165) is 31.7 Å². The van der Waals surface area contributed by atoms with Gasteiger partial charge >= 0.3 is 6.18 Å². The topological polar surface area (TPSA) is 33.7 Å². The monoisotopic (exact) mass is 318 g/mol. The Labute approximate surface area is 128 Å². The molecule has 2 rings (SSSR count). The van der Waals surface area contributed by atoms with E-state index < -0.39 is 12.8 Å². The number of hydrogen-bond donors (Lipinski definition) is 1. The van der Waals surface area contributed by atoms with Crippen LogP contribution in [0.3, 0.4) is 0 Å². The second-order valence-corrected chi connectivity index (χ2v) is 5.48. The van der Waals surface area contributed by atoms with Crippen LogP contribution in [-0.2, 0) is 6.54 Å². The highest BCUT2D eigenvalue weighted by Gasteiger charge is 2.29. The van der Waals surface area contributed by atoms with Crippen LogP contribution in [0.15, 0.2) is 18.2 Å². The zero-order valence-corrected chi connectivity index (χ0v) is 12.7. The molecule has 0 unspecified atom stereocenters. The first-order valence-corrected chi connectivity index (χ1v) is 7.19. The van der Waals surface area contributed by atoms with E-state index in [0.29, 0.717) is 11.8 Å². The molecule has 1 aliphatic heterocycles. The minimum Gasteiger partial charge on any atom is -0.493 e. The Morgan fingerprint density at radius 3 is 2.73 bits per heavy atom. The first-order chi connectivity index (χ1) is 10.4. The standard InChI is InChI=1S/C15H21F3N2O2/c1-11-8-20(6-5-19-11)9-12-3-4-13(14(7-12)21-2)22-10-15(16,17)18/h3-4,7,11,19H,5-6,8-10H2,1-2H3/t11-/m1/s1. The molecule has 0 radical (unpaired) electrons. The number of benzene rings is 1. The predicted molar refractivity (Wildman–Crippen MR) is 77.3 cm³/mol. The summed E-state index contributed by atoms with van der Waals surface area (Å²) in [5.41, 5.74) is 0.991. The number of methoxy groups -OCH3 is 1. The van der Waals surface area contributed by atoms with Crippen LogP contribution in [0.5, 0.6) is 11.5 Å². The minimum absolute atomic E-state index is 0.109. The fraction of sp³-hybridized carbons (Fsp3) is 0.600. The van der Waals surface area contributed by atoms with Gasteiger partial charge < -0.3 is 14.8 Å². The van der Waals surface area contributed by atoms with Crippen molar-refractivity contribution < 1.29 is 22.6 Å². The van der Waals surface area contributed by atoms with Gasteiger partial charge in [-0.2, -0.15) is 13.2 Å². The highest BCUT2D eigenvalue weighted by Crippen LogP contribution is 2.30. The lowest BCUT2D eigenvalue weighted by atomic mass is 10.1. The van der Waals surface area contributed by atoms with E-state index in [2.05, 4.69) is 17.1 Å². The van der Waals surface area contributed by atoms with Crippen molar-refractivity contribution in [3.63, 3.8) is 0 Å². The van der Waals surface area contributed by atoms with E-state index >= 15 is 0 Å². The van der Waals surface area contributed by atoms with Crippen LogP contribution in [0, 0.1) is 0 Å². The maximum atomic E-state index is 12.2. The molecule has 0 bridgehead atoms. The van der Waals surface area contributed by atoms with Crippen LogP contribution in [-0.4, -0.2) is 50.5 Å². The van der Waals surface area contributed by atoms with Crippen LogP contribution in [0.1, 0.15) is 12.5 Å². The van der Waals surface area contributed by atoms with Crippen molar-refractivity contribution in [3.05, 3.63) is 23.8 Å². The van der Waals surface area contributed by atoms with Crippen LogP contribution in [0.4, 0.5) is 13.2 Å². The van der Waals surface area contributed by atoms with Gasteiger partial charge in [-0.1, -0.05) is 6.07 Å². The third kappa shape index (κ3) is 5.06. The maximum Gasteiger partial charge on any atom is 0.422 e. The van der Waals surface area contributed by atoms with Crippen LogP contribution >= 0.6 is 0 Å². The normalized spacial score (nSPS) is 20.0. The van der Waals surface area contributed by atoms with Crippen molar-refractivity contribution in [2.75, 3.05) is 33.4 Å². The Kier molecular flexibility index (Phi) is 5.52. The lowest BCUT2D eigenvalue weighted by molar-refractivity contribution is -0.153. The van der Waals surface area contributed by atoms with Crippen molar-refractivity contribution in [1.82, 2.24) is 10.2 Å². The van der Waals surface area contributed by atoms with Gasteiger partial charge in [-0.05, 0) is 24.6 Å². The fourth-order valence-electron chi connectivity index (χ4n) is 2.50. The van der Waals surface area contributed by atoms with Gasteiger partial charge in [-0.25, -0.2) is 0 Å². The highest BCUT2D eigenvalue weighted by atomic mass is 19.4. The van der Waals surface area contributed by atoms with Gasteiger partial charge in [0.15, 0.2) is 18.1 Å². The van der Waals surface area contributed by atoms with Gasteiger partial charge in [0, 0.05) is 32.2 Å². The summed E-state index contributed by atoms with van der Waals surface area (Å²) in [6.07, 6.45) is -4.36. The third-order valence-electron chi connectivity index (χ3n) is 3.48. The van der Waals surface area contributed by atoms with Gasteiger partial charge in [-0.3, -0.25) is 4.90 Å². The third-order valence-corrected chi connectivity index (χ3v) is 3.48. The molecule has 1 aliphatic rings. The minimum atomic E-state index is -4.36. The largest absolute Gasteiger partial charge is 0.493 e. The summed E-state index contributed by atoms with van der Waals surface area (Å²) < 4.78 is 46.6. The number of hydrogen-bond acceptors (Lipinski definition) is 4. The molecule has 1 heterocycles. The zero-order chi connectivity index (χ0) is 16.2. The first kappa shape index (κ1) is 16.9. The summed E-state index contributed by atoms with van der Waals surface area (Å²) in [5.74, 6) is 0.433. The summed E-state index contributed by atoms with van der Waals surface area (Å²) in [5, 5.41) is 3.37. The van der Waals surface area contributed by atoms with Crippen molar-refractivity contribution in [3.8, 4) is 11.5 Å². The molecule has 0 amide bonds. The van der Waals surface area contributed by atoms with Crippen molar-refractivity contribution in [2.24, 2.45) is 0 Å². The van der Waals surface area contributed by atoms with Gasteiger partial charge in [0.2, 0.25) is 0 Å². The number of nitrogens with zero attached hydrogens (tertiary/aromatic N) is 1. The predicted octanol–water partition coefficient (Wildman–Crippen LogP) is 2.43. The summed E-state index contributed by atoms with van der Waals surface area (Å²) in [6.45, 7) is 4.36. The maximum absolute atomic E-state index is 12.2. The van der Waals surface area contributed by atoms with E-state index in [9.17, 15) is 13.2 Å². The Hall–Kier alpha value is -1.47. The molecule has 1 atom stereocenters. The Bertz CT molecular complexity index is 494. The molecule has 1 saturated heterocycles. The van der Waals surface area contributed by atoms with E-state index in [1.165, 1.54) is 13.2 Å². The smallest absolute Gasteiger partial charge is 0.422 e. The molecule has 22 heavy (non-hydrogen) atoms. The number of piperazine rings is 1. The summed E-state index contributed by atoms with van der Waals surface area (Å²) in [7, 11) is 1.42. The fourth-order valence-corrected chi connectivity index (χ4v) is 2.50. The summed E-state index contributed by atoms with van der Waals surface area (Å²) in [6, 6.07) is 5.48. The first-order valence-electron chi connectivity index (χ1n) is 7.19. The average molecular weight is 318 g/mol. The second-order valence-electron chi connectivity index (χ2n) is 5.48. The van der Waals surface area contributed by atoms with E-state index in [1.54, 1.807) is 12.1 Å². The van der Waals surface area contributed by atoms with Gasteiger partial charge in [0.1, 0.15) is 0 Å². The molecule has 0 spiro atoms. The van der Waals surface area contributed by atoms with Crippen molar-refractivity contribution in [2.45, 2.75) is 25.7 Å². The van der Waals surface area contributed by atoms with Crippen molar-refractivity contribution >= 4 is 0 Å². The number of alkyl halides is 3. The summed E-state index contributed by atoms with van der Waals surface area (Å²) >= 11 is 0. The Balaban J connectivity index is 2.01. The number of halogens is 3. The van der Waals surface area contributed by atoms with Crippen LogP contribution < -0.4 is 14.8 Å². The Morgan fingerprint density at radius 1 is 1.32 bits per heavy atom.